The minimum Gasteiger partial charge on any atom is -0.293 e. The zero-order valence-electron chi connectivity index (χ0n) is 8.73. The fraction of sp³-hybridized carbons (Fsp3) is 0.111. The molecule has 0 fully saturated rings. The number of nitrogens with zero attached hydrogens (tertiary/aromatic N) is 3. The number of thiocyanates is 1. The highest BCUT2D eigenvalue weighted by Gasteiger charge is 2.19. The van der Waals surface area contributed by atoms with Crippen LogP contribution in [0.4, 0.5) is 11.4 Å². The lowest BCUT2D eigenvalue weighted by molar-refractivity contribution is -0.394. The molecule has 0 saturated carbocycles. The van der Waals surface area contributed by atoms with Gasteiger partial charge in [-0.3, -0.25) is 25.0 Å². The van der Waals surface area contributed by atoms with Gasteiger partial charge in [-0.05, 0) is 11.8 Å². The number of thioether (sulfide) groups is 1. The van der Waals surface area contributed by atoms with Gasteiger partial charge in [0, 0.05) is 17.7 Å². The Balaban J connectivity index is 3.19. The zero-order valence-corrected chi connectivity index (χ0v) is 9.55. The molecule has 0 radical (unpaired) electrons. The second-order valence-electron chi connectivity index (χ2n) is 3.06. The molecule has 1 rings (SSSR count). The van der Waals surface area contributed by atoms with Crippen LogP contribution in [0.5, 0.6) is 0 Å². The number of carbonyl (C=O) groups is 1. The number of nitro groups is 2. The molecule has 0 atom stereocenters. The molecule has 0 aliphatic rings. The van der Waals surface area contributed by atoms with Crippen LogP contribution in [0.2, 0.25) is 0 Å². The van der Waals surface area contributed by atoms with Gasteiger partial charge in [-0.2, -0.15) is 5.26 Å². The fourth-order valence-corrected chi connectivity index (χ4v) is 1.51. The predicted octanol–water partition coefficient (Wildman–Crippen LogP) is 1.90. The Kier molecular flexibility index (Phi) is 4.33. The molecule has 0 aliphatic carbocycles. The molecule has 0 aliphatic heterocycles. The molecule has 9 heteroatoms. The van der Waals surface area contributed by atoms with Crippen molar-refractivity contribution in [1.29, 1.82) is 5.26 Å². The van der Waals surface area contributed by atoms with E-state index in [0.717, 1.165) is 18.2 Å². The quantitative estimate of drug-likeness (QED) is 0.345. The Hall–Kier alpha value is -2.47. The molecule has 0 aromatic heterocycles. The number of hydrogen-bond donors (Lipinski definition) is 0. The number of hydrogen-bond acceptors (Lipinski definition) is 7. The van der Waals surface area contributed by atoms with Gasteiger partial charge in [0.15, 0.2) is 5.78 Å². The van der Waals surface area contributed by atoms with Crippen molar-refractivity contribution in [3.63, 3.8) is 0 Å². The van der Waals surface area contributed by atoms with Crippen molar-refractivity contribution in [3.8, 4) is 5.40 Å². The lowest BCUT2D eigenvalue weighted by Gasteiger charge is -1.99. The van der Waals surface area contributed by atoms with Gasteiger partial charge < -0.3 is 0 Å². The smallest absolute Gasteiger partial charge is 0.277 e. The summed E-state index contributed by atoms with van der Waals surface area (Å²) in [6.45, 7) is 0. The Bertz CT molecular complexity index is 534. The van der Waals surface area contributed by atoms with E-state index in [2.05, 4.69) is 0 Å². The fourth-order valence-electron chi connectivity index (χ4n) is 1.15. The summed E-state index contributed by atoms with van der Waals surface area (Å²) in [5.41, 5.74) is -1.22. The van der Waals surface area contributed by atoms with E-state index in [1.807, 2.05) is 0 Å². The third-order valence-corrected chi connectivity index (χ3v) is 2.45. The topological polar surface area (TPSA) is 127 Å². The summed E-state index contributed by atoms with van der Waals surface area (Å²) in [4.78, 5) is 31.1. The molecule has 1 aromatic carbocycles. The molecule has 1 aromatic rings. The summed E-state index contributed by atoms with van der Waals surface area (Å²) in [6, 6.07) is 2.68. The maximum Gasteiger partial charge on any atom is 0.277 e. The van der Waals surface area contributed by atoms with Crippen molar-refractivity contribution in [1.82, 2.24) is 0 Å². The van der Waals surface area contributed by atoms with Crippen LogP contribution in [0.15, 0.2) is 18.2 Å². The number of non-ortho nitro benzene ring substituents is 2. The predicted molar refractivity (Wildman–Crippen MR) is 62.2 cm³/mol. The van der Waals surface area contributed by atoms with E-state index < -0.39 is 27.0 Å². The van der Waals surface area contributed by atoms with Gasteiger partial charge in [0.1, 0.15) is 5.40 Å². The highest BCUT2D eigenvalue weighted by atomic mass is 32.2. The third-order valence-electron chi connectivity index (χ3n) is 1.91. The van der Waals surface area contributed by atoms with Gasteiger partial charge in [-0.15, -0.1) is 0 Å². The van der Waals surface area contributed by atoms with E-state index in [4.69, 9.17) is 5.26 Å². The number of rotatable bonds is 5. The minimum atomic E-state index is -0.818. The average molecular weight is 267 g/mol. The van der Waals surface area contributed by atoms with Crippen LogP contribution in [-0.2, 0) is 0 Å². The first-order valence-corrected chi connectivity index (χ1v) is 5.42. The van der Waals surface area contributed by atoms with Crippen molar-refractivity contribution in [2.24, 2.45) is 0 Å². The molecule has 0 amide bonds. The molecular formula is C9H5N3O5S. The van der Waals surface area contributed by atoms with Crippen LogP contribution >= 0.6 is 11.8 Å². The van der Waals surface area contributed by atoms with Crippen LogP contribution in [-0.4, -0.2) is 21.4 Å². The highest BCUT2D eigenvalue weighted by Crippen LogP contribution is 2.23. The highest BCUT2D eigenvalue weighted by molar-refractivity contribution is 8.04. The summed E-state index contributed by atoms with van der Waals surface area (Å²) in [6.07, 6.45) is 0. The third kappa shape index (κ3) is 3.26. The summed E-state index contributed by atoms with van der Waals surface area (Å²) < 4.78 is 0. The molecule has 0 saturated heterocycles. The van der Waals surface area contributed by atoms with Gasteiger partial charge in [0.2, 0.25) is 0 Å². The largest absolute Gasteiger partial charge is 0.293 e. The number of ketones is 1. The van der Waals surface area contributed by atoms with Gasteiger partial charge >= 0.3 is 0 Å². The molecule has 92 valence electrons. The molecule has 0 bridgehead atoms. The van der Waals surface area contributed by atoms with E-state index in [-0.39, 0.29) is 11.3 Å². The van der Waals surface area contributed by atoms with Gasteiger partial charge in [-0.25, -0.2) is 0 Å². The zero-order chi connectivity index (χ0) is 13.7. The number of benzene rings is 1. The Morgan fingerprint density at radius 1 is 1.22 bits per heavy atom. The van der Waals surface area contributed by atoms with Crippen molar-refractivity contribution >= 4 is 28.9 Å². The summed E-state index contributed by atoms with van der Waals surface area (Å²) >= 11 is 0.656. The maximum atomic E-state index is 11.5. The lowest BCUT2D eigenvalue weighted by atomic mass is 10.1. The maximum absolute atomic E-state index is 11.5. The molecule has 8 nitrogen and oxygen atoms in total. The first kappa shape index (κ1) is 13.6. The Labute approximate surface area is 105 Å². The van der Waals surface area contributed by atoms with Crippen LogP contribution in [0, 0.1) is 30.9 Å². The monoisotopic (exact) mass is 267 g/mol. The van der Waals surface area contributed by atoms with Gasteiger partial charge in [0.05, 0.1) is 21.7 Å². The first-order valence-electron chi connectivity index (χ1n) is 4.43. The minimum absolute atomic E-state index is 0.154. The van der Waals surface area contributed by atoms with Gasteiger partial charge in [-0.1, -0.05) is 0 Å². The molecule has 18 heavy (non-hydrogen) atoms. The van der Waals surface area contributed by atoms with Crippen molar-refractivity contribution in [3.05, 3.63) is 44.0 Å². The molecule has 0 spiro atoms. The van der Waals surface area contributed by atoms with Gasteiger partial charge in [0.25, 0.3) is 11.4 Å². The SMILES string of the molecule is N#CSCC(=O)c1cc([N+](=O)[O-])cc([N+](=O)[O-])c1. The Morgan fingerprint density at radius 3 is 2.11 bits per heavy atom. The number of nitriles is 1. The number of Topliss-reactive ketones (excluding diaryl/α,β-unsaturated/α-hetero) is 1. The van der Waals surface area contributed by atoms with E-state index >= 15 is 0 Å². The lowest BCUT2D eigenvalue weighted by Crippen LogP contribution is -2.04. The molecular weight excluding hydrogens is 262 g/mol. The molecule has 0 heterocycles. The van der Waals surface area contributed by atoms with E-state index in [0.29, 0.717) is 11.8 Å². The van der Waals surface area contributed by atoms with Crippen LogP contribution in [0.1, 0.15) is 10.4 Å². The van der Waals surface area contributed by atoms with Crippen LogP contribution in [0.25, 0.3) is 0 Å². The van der Waals surface area contributed by atoms with E-state index in [1.54, 1.807) is 5.40 Å². The van der Waals surface area contributed by atoms with Crippen molar-refractivity contribution in [2.75, 3.05) is 5.75 Å². The summed E-state index contributed by atoms with van der Waals surface area (Å²) in [5, 5.41) is 31.1. The average Bonchev–Trinajstić information content (AvgIpc) is 2.35. The van der Waals surface area contributed by atoms with Crippen molar-refractivity contribution in [2.45, 2.75) is 0 Å². The number of nitro benzene ring substituents is 2. The second kappa shape index (κ2) is 5.74. The van der Waals surface area contributed by atoms with E-state index in [9.17, 15) is 25.0 Å². The molecule has 0 unspecified atom stereocenters. The Morgan fingerprint density at radius 2 is 1.72 bits per heavy atom. The van der Waals surface area contributed by atoms with E-state index in [1.165, 1.54) is 0 Å². The standard InChI is InChI=1S/C9H5N3O5S/c10-5-18-4-9(13)6-1-7(11(14)15)3-8(2-6)12(16)17/h1-3H,4H2. The second-order valence-corrected chi connectivity index (χ2v) is 3.82. The van der Waals surface area contributed by atoms with Crippen LogP contribution in [0.3, 0.4) is 0 Å². The summed E-state index contributed by atoms with van der Waals surface area (Å²) in [7, 11) is 0. The van der Waals surface area contributed by atoms with Crippen LogP contribution < -0.4 is 0 Å². The number of carbonyl (C=O) groups excluding carboxylic acids is 1. The van der Waals surface area contributed by atoms with Crippen molar-refractivity contribution < 1.29 is 14.6 Å². The first-order chi connectivity index (χ1) is 8.45. The normalized spacial score (nSPS) is 9.50. The molecule has 0 N–H and O–H groups in total. The summed E-state index contributed by atoms with van der Waals surface area (Å²) in [5.74, 6) is -0.789.